The van der Waals surface area contributed by atoms with Crippen molar-refractivity contribution < 1.29 is 0 Å². The smallest absolute Gasteiger partial charge is 0.0411 e. The van der Waals surface area contributed by atoms with Crippen LogP contribution in [0, 0.1) is 5.92 Å². The first kappa shape index (κ1) is 10.3. The standard InChI is InChI=1S/C15H21N/c1-11(2)14(7-8-14)12-3-5-13(6-4-12)15(16)9-10-15/h3-6,11H,7-10,16H2,1-2H3. The maximum Gasteiger partial charge on any atom is 0.0411 e. The normalized spacial score (nSPS) is 24.5. The number of hydrogen-bond donors (Lipinski definition) is 1. The third-order valence-corrected chi connectivity index (χ3v) is 4.72. The molecule has 86 valence electrons. The monoisotopic (exact) mass is 215 g/mol. The third kappa shape index (κ3) is 1.41. The van der Waals surface area contributed by atoms with Gasteiger partial charge in [-0.3, -0.25) is 0 Å². The van der Waals surface area contributed by atoms with E-state index < -0.39 is 0 Å². The van der Waals surface area contributed by atoms with Gasteiger partial charge in [0.25, 0.3) is 0 Å². The summed E-state index contributed by atoms with van der Waals surface area (Å²) in [5, 5.41) is 0. The largest absolute Gasteiger partial charge is 0.321 e. The molecule has 0 radical (unpaired) electrons. The predicted octanol–water partition coefficient (Wildman–Crippen LogP) is 3.32. The van der Waals surface area contributed by atoms with Gasteiger partial charge in [-0.15, -0.1) is 0 Å². The molecule has 0 aliphatic heterocycles. The zero-order chi connectivity index (χ0) is 11.4. The molecule has 16 heavy (non-hydrogen) atoms. The highest BCUT2D eigenvalue weighted by atomic mass is 14.8. The maximum absolute atomic E-state index is 6.20. The second-order valence-corrected chi connectivity index (χ2v) is 6.04. The maximum atomic E-state index is 6.20. The second kappa shape index (κ2) is 3.10. The molecule has 0 spiro atoms. The topological polar surface area (TPSA) is 26.0 Å². The molecule has 2 saturated carbocycles. The predicted molar refractivity (Wildman–Crippen MR) is 67.3 cm³/mol. The van der Waals surface area contributed by atoms with E-state index in [1.54, 1.807) is 0 Å². The Morgan fingerprint density at radius 2 is 1.44 bits per heavy atom. The van der Waals surface area contributed by atoms with Crippen LogP contribution >= 0.6 is 0 Å². The Hall–Kier alpha value is -0.820. The van der Waals surface area contributed by atoms with E-state index in [0.717, 1.165) is 18.8 Å². The van der Waals surface area contributed by atoms with Gasteiger partial charge in [0.15, 0.2) is 0 Å². The summed E-state index contributed by atoms with van der Waals surface area (Å²) in [7, 11) is 0. The fourth-order valence-corrected chi connectivity index (χ4v) is 2.89. The molecular formula is C15H21N. The summed E-state index contributed by atoms with van der Waals surface area (Å²) in [6.45, 7) is 4.68. The van der Waals surface area contributed by atoms with E-state index in [0.29, 0.717) is 5.41 Å². The van der Waals surface area contributed by atoms with E-state index in [1.807, 2.05) is 0 Å². The second-order valence-electron chi connectivity index (χ2n) is 6.04. The van der Waals surface area contributed by atoms with Crippen LogP contribution in [0.5, 0.6) is 0 Å². The summed E-state index contributed by atoms with van der Waals surface area (Å²) in [6, 6.07) is 9.14. The van der Waals surface area contributed by atoms with Crippen molar-refractivity contribution in [3.8, 4) is 0 Å². The molecule has 1 nitrogen and oxygen atoms in total. The Kier molecular flexibility index (Phi) is 2.00. The summed E-state index contributed by atoms with van der Waals surface area (Å²) < 4.78 is 0. The molecule has 1 aromatic carbocycles. The fraction of sp³-hybridized carbons (Fsp3) is 0.600. The molecule has 0 amide bonds. The highest BCUT2D eigenvalue weighted by molar-refractivity contribution is 5.38. The van der Waals surface area contributed by atoms with Crippen molar-refractivity contribution in [3.05, 3.63) is 35.4 Å². The van der Waals surface area contributed by atoms with E-state index in [9.17, 15) is 0 Å². The quantitative estimate of drug-likeness (QED) is 0.822. The van der Waals surface area contributed by atoms with Gasteiger partial charge in [-0.2, -0.15) is 0 Å². The third-order valence-electron chi connectivity index (χ3n) is 4.72. The van der Waals surface area contributed by atoms with Crippen molar-refractivity contribution in [1.29, 1.82) is 0 Å². The molecule has 0 unspecified atom stereocenters. The van der Waals surface area contributed by atoms with Crippen LogP contribution in [-0.4, -0.2) is 0 Å². The average Bonchev–Trinajstić information content (AvgIpc) is 3.13. The van der Waals surface area contributed by atoms with Crippen LogP contribution in [0.2, 0.25) is 0 Å². The van der Waals surface area contributed by atoms with E-state index in [2.05, 4.69) is 38.1 Å². The van der Waals surface area contributed by atoms with Crippen molar-refractivity contribution in [2.24, 2.45) is 11.7 Å². The lowest BCUT2D eigenvalue weighted by Crippen LogP contribution is -2.19. The first-order valence-electron chi connectivity index (χ1n) is 6.47. The molecule has 0 aromatic heterocycles. The van der Waals surface area contributed by atoms with E-state index >= 15 is 0 Å². The van der Waals surface area contributed by atoms with Crippen molar-refractivity contribution in [3.63, 3.8) is 0 Å². The molecule has 1 heteroatoms. The molecule has 0 saturated heterocycles. The van der Waals surface area contributed by atoms with Gasteiger partial charge >= 0.3 is 0 Å². The number of rotatable bonds is 3. The molecule has 2 aliphatic rings. The van der Waals surface area contributed by atoms with Crippen LogP contribution in [0.15, 0.2) is 24.3 Å². The van der Waals surface area contributed by atoms with Crippen LogP contribution in [0.3, 0.4) is 0 Å². The van der Waals surface area contributed by atoms with Gasteiger partial charge < -0.3 is 5.73 Å². The minimum atomic E-state index is 0.0209. The Morgan fingerprint density at radius 1 is 0.938 bits per heavy atom. The van der Waals surface area contributed by atoms with Crippen molar-refractivity contribution in [2.75, 3.05) is 0 Å². The molecule has 0 bridgehead atoms. The van der Waals surface area contributed by atoms with Gasteiger partial charge in [-0.25, -0.2) is 0 Å². The molecule has 0 atom stereocenters. The molecule has 0 heterocycles. The van der Waals surface area contributed by atoms with Gasteiger partial charge in [0.1, 0.15) is 0 Å². The summed E-state index contributed by atoms with van der Waals surface area (Å²) in [6.07, 6.45) is 5.03. The van der Waals surface area contributed by atoms with Crippen LogP contribution < -0.4 is 5.73 Å². The molecule has 2 aliphatic carbocycles. The lowest BCUT2D eigenvalue weighted by atomic mass is 9.84. The highest BCUT2D eigenvalue weighted by Crippen LogP contribution is 2.54. The molecule has 1 aromatic rings. The lowest BCUT2D eigenvalue weighted by Gasteiger charge is -2.21. The Morgan fingerprint density at radius 3 is 1.81 bits per heavy atom. The lowest BCUT2D eigenvalue weighted by molar-refractivity contribution is 0.481. The van der Waals surface area contributed by atoms with E-state index in [4.69, 9.17) is 5.73 Å². The van der Waals surface area contributed by atoms with Gasteiger partial charge in [0.05, 0.1) is 0 Å². The zero-order valence-corrected chi connectivity index (χ0v) is 10.3. The Bertz CT molecular complexity index is 394. The summed E-state index contributed by atoms with van der Waals surface area (Å²) in [4.78, 5) is 0. The summed E-state index contributed by atoms with van der Waals surface area (Å²) in [5.74, 6) is 0.756. The van der Waals surface area contributed by atoms with Crippen LogP contribution in [0.1, 0.15) is 50.7 Å². The fourth-order valence-electron chi connectivity index (χ4n) is 2.89. The summed E-state index contributed by atoms with van der Waals surface area (Å²) in [5.41, 5.74) is 9.57. The summed E-state index contributed by atoms with van der Waals surface area (Å²) >= 11 is 0. The Balaban J connectivity index is 1.88. The van der Waals surface area contributed by atoms with Crippen LogP contribution in [0.25, 0.3) is 0 Å². The number of hydrogen-bond acceptors (Lipinski definition) is 1. The van der Waals surface area contributed by atoms with Crippen molar-refractivity contribution >= 4 is 0 Å². The minimum absolute atomic E-state index is 0.0209. The minimum Gasteiger partial charge on any atom is -0.321 e. The van der Waals surface area contributed by atoms with Crippen LogP contribution in [-0.2, 0) is 11.0 Å². The Labute approximate surface area is 98.0 Å². The van der Waals surface area contributed by atoms with Crippen LogP contribution in [0.4, 0.5) is 0 Å². The molecule has 3 rings (SSSR count). The zero-order valence-electron chi connectivity index (χ0n) is 10.3. The first-order chi connectivity index (χ1) is 7.57. The number of benzene rings is 1. The number of nitrogens with two attached hydrogens (primary N) is 1. The first-order valence-corrected chi connectivity index (χ1v) is 6.47. The van der Waals surface area contributed by atoms with Gasteiger partial charge in [-0.1, -0.05) is 38.1 Å². The van der Waals surface area contributed by atoms with Gasteiger partial charge in [0, 0.05) is 5.54 Å². The van der Waals surface area contributed by atoms with Gasteiger partial charge in [-0.05, 0) is 48.1 Å². The molecular weight excluding hydrogens is 194 g/mol. The SMILES string of the molecule is CC(C)C1(c2ccc(C3(N)CC3)cc2)CC1. The van der Waals surface area contributed by atoms with Crippen molar-refractivity contribution in [1.82, 2.24) is 0 Å². The highest BCUT2D eigenvalue weighted by Gasteiger charge is 2.47. The van der Waals surface area contributed by atoms with E-state index in [1.165, 1.54) is 24.0 Å². The van der Waals surface area contributed by atoms with Gasteiger partial charge in [0.2, 0.25) is 0 Å². The van der Waals surface area contributed by atoms with E-state index in [-0.39, 0.29) is 5.54 Å². The van der Waals surface area contributed by atoms with Crippen molar-refractivity contribution in [2.45, 2.75) is 50.5 Å². The molecule has 2 N–H and O–H groups in total. The average molecular weight is 215 g/mol. The molecule has 2 fully saturated rings.